The minimum absolute atomic E-state index is 0.0891. The van der Waals surface area contributed by atoms with Gasteiger partial charge < -0.3 is 34.4 Å². The second-order valence-electron chi connectivity index (χ2n) is 2.93. The van der Waals surface area contributed by atoms with Crippen molar-refractivity contribution < 1.29 is 9.59 Å². The number of rotatable bonds is 2. The number of nitrogens with two attached hydrogens (primary N) is 6. The van der Waals surface area contributed by atoms with Crippen molar-refractivity contribution in [3.05, 3.63) is 30.3 Å². The normalized spacial score (nSPS) is 7.60. The Balaban J connectivity index is 0. The van der Waals surface area contributed by atoms with Crippen LogP contribution >= 0.6 is 0 Å². The lowest BCUT2D eigenvalue weighted by Gasteiger charge is -1.91. The number of guanidine groups is 2. The average molecular weight is 282 g/mol. The van der Waals surface area contributed by atoms with Crippen molar-refractivity contribution in [1.29, 1.82) is 0 Å². The molecule has 1 rings (SSSR count). The number of carbonyl (C=O) groups excluding carboxylic acids is 2. The first-order chi connectivity index (χ1) is 9.29. The van der Waals surface area contributed by atoms with Gasteiger partial charge in [-0.1, -0.05) is 18.2 Å². The zero-order valence-electron chi connectivity index (χ0n) is 10.6. The van der Waals surface area contributed by atoms with Crippen molar-refractivity contribution in [2.45, 2.75) is 0 Å². The van der Waals surface area contributed by atoms with E-state index in [2.05, 4.69) is 21.5 Å². The number of amides is 3. The van der Waals surface area contributed by atoms with Gasteiger partial charge in [0.2, 0.25) is 6.41 Å². The molecule has 0 aliphatic rings. The minimum atomic E-state index is -0.833. The number of primary amides is 2. The lowest BCUT2D eigenvalue weighted by atomic mass is 10.3. The molecule has 0 aromatic heterocycles. The first-order valence-corrected chi connectivity index (χ1v) is 5.01. The van der Waals surface area contributed by atoms with Crippen LogP contribution in [0.4, 0.5) is 10.5 Å². The largest absolute Gasteiger partial charge is 0.370 e. The van der Waals surface area contributed by atoms with E-state index in [0.717, 1.165) is 5.69 Å². The third-order valence-corrected chi connectivity index (χ3v) is 1.22. The van der Waals surface area contributed by atoms with Crippen LogP contribution in [0.1, 0.15) is 0 Å². The number of aliphatic imine (C=N–C) groups is 2. The summed E-state index contributed by atoms with van der Waals surface area (Å²) in [4.78, 5) is 25.0. The van der Waals surface area contributed by atoms with Gasteiger partial charge in [0.05, 0.1) is 5.69 Å². The second-order valence-corrected chi connectivity index (χ2v) is 2.93. The summed E-state index contributed by atoms with van der Waals surface area (Å²) in [7, 11) is 0. The van der Waals surface area contributed by atoms with E-state index in [1.54, 1.807) is 0 Å². The molecule has 0 radical (unpaired) electrons. The molecule has 12 N–H and O–H groups in total. The van der Waals surface area contributed by atoms with Crippen LogP contribution in [0.5, 0.6) is 0 Å². The molecule has 1 aromatic carbocycles. The molecule has 0 aliphatic heterocycles. The summed E-state index contributed by atoms with van der Waals surface area (Å²) in [5.74, 6) is -0.115. The number of benzene rings is 1. The van der Waals surface area contributed by atoms with E-state index in [1.165, 1.54) is 0 Å². The molecular weight excluding hydrogens is 264 g/mol. The molecule has 0 atom stereocenters. The SMILES string of the molecule is NC(N)=NC=O.NC(N)=Nc1ccccc1.NC(N)=O. The van der Waals surface area contributed by atoms with Gasteiger partial charge in [-0.2, -0.15) is 4.99 Å². The number of hydrogen-bond acceptors (Lipinski definition) is 3. The molecule has 0 bridgehead atoms. The van der Waals surface area contributed by atoms with E-state index >= 15 is 0 Å². The minimum Gasteiger partial charge on any atom is -0.370 e. The summed E-state index contributed by atoms with van der Waals surface area (Å²) in [5.41, 5.74) is 29.0. The van der Waals surface area contributed by atoms with Crippen LogP contribution in [-0.2, 0) is 4.79 Å². The van der Waals surface area contributed by atoms with Gasteiger partial charge in [-0.15, -0.1) is 0 Å². The van der Waals surface area contributed by atoms with Crippen molar-refractivity contribution >= 4 is 30.0 Å². The van der Waals surface area contributed by atoms with E-state index in [1.807, 2.05) is 30.3 Å². The zero-order valence-corrected chi connectivity index (χ0v) is 10.6. The maximum atomic E-state index is 9.27. The highest BCUT2D eigenvalue weighted by molar-refractivity contribution is 5.82. The monoisotopic (exact) mass is 282 g/mol. The van der Waals surface area contributed by atoms with Crippen LogP contribution in [0.3, 0.4) is 0 Å². The summed E-state index contributed by atoms with van der Waals surface area (Å²) < 4.78 is 0. The zero-order chi connectivity index (χ0) is 16.0. The quantitative estimate of drug-likeness (QED) is 0.205. The second kappa shape index (κ2) is 12.2. The molecule has 0 fully saturated rings. The smallest absolute Gasteiger partial charge is 0.309 e. The van der Waals surface area contributed by atoms with Crippen LogP contribution < -0.4 is 34.4 Å². The van der Waals surface area contributed by atoms with E-state index in [4.69, 9.17) is 27.7 Å². The Morgan fingerprint density at radius 1 is 0.900 bits per heavy atom. The van der Waals surface area contributed by atoms with Gasteiger partial charge >= 0.3 is 6.03 Å². The average Bonchev–Trinajstić information content (AvgIpc) is 2.29. The van der Waals surface area contributed by atoms with Gasteiger partial charge in [-0.25, -0.2) is 9.79 Å². The number of carbonyl (C=O) groups is 2. The maximum Gasteiger partial charge on any atom is 0.309 e. The van der Waals surface area contributed by atoms with E-state index in [9.17, 15) is 4.79 Å². The molecule has 1 aromatic rings. The fourth-order valence-electron chi connectivity index (χ4n) is 0.712. The molecule has 110 valence electrons. The summed E-state index contributed by atoms with van der Waals surface area (Å²) >= 11 is 0. The van der Waals surface area contributed by atoms with E-state index in [0.29, 0.717) is 0 Å². The van der Waals surface area contributed by atoms with Crippen LogP contribution in [0, 0.1) is 0 Å². The van der Waals surface area contributed by atoms with Gasteiger partial charge in [-0.3, -0.25) is 4.79 Å². The van der Waals surface area contributed by atoms with Gasteiger partial charge in [0.1, 0.15) is 0 Å². The van der Waals surface area contributed by atoms with Crippen LogP contribution in [0.15, 0.2) is 40.3 Å². The number of urea groups is 1. The summed E-state index contributed by atoms with van der Waals surface area (Å²) in [5, 5.41) is 0. The molecule has 0 aliphatic carbocycles. The molecule has 0 heterocycles. The van der Waals surface area contributed by atoms with Gasteiger partial charge in [-0.05, 0) is 12.1 Å². The fourth-order valence-corrected chi connectivity index (χ4v) is 0.712. The van der Waals surface area contributed by atoms with Gasteiger partial charge in [0, 0.05) is 0 Å². The lowest BCUT2D eigenvalue weighted by Crippen LogP contribution is -2.22. The molecule has 20 heavy (non-hydrogen) atoms. The van der Waals surface area contributed by atoms with Crippen molar-refractivity contribution in [3.8, 4) is 0 Å². The van der Waals surface area contributed by atoms with Crippen molar-refractivity contribution in [2.24, 2.45) is 44.4 Å². The summed E-state index contributed by atoms with van der Waals surface area (Å²) in [6, 6.07) is 8.49. The van der Waals surface area contributed by atoms with E-state index < -0.39 is 6.03 Å². The number of nitrogens with zero attached hydrogens (tertiary/aromatic N) is 2. The highest BCUT2D eigenvalue weighted by Gasteiger charge is 1.83. The molecular formula is C10H18N8O2. The molecule has 10 nitrogen and oxygen atoms in total. The first kappa shape index (κ1) is 19.0. The van der Waals surface area contributed by atoms with Gasteiger partial charge in [0.15, 0.2) is 11.9 Å². The Bertz CT molecular complexity index is 446. The number of hydrogen-bond donors (Lipinski definition) is 6. The molecule has 0 spiro atoms. The van der Waals surface area contributed by atoms with E-state index in [-0.39, 0.29) is 18.3 Å². The predicted molar refractivity (Wildman–Crippen MR) is 77.6 cm³/mol. The molecule has 0 saturated carbocycles. The van der Waals surface area contributed by atoms with Crippen molar-refractivity contribution in [2.75, 3.05) is 0 Å². The highest BCUT2D eigenvalue weighted by atomic mass is 16.2. The topological polar surface area (TPSA) is 215 Å². The fraction of sp³-hybridized carbons (Fsp3) is 0. The molecule has 3 amide bonds. The Labute approximate surface area is 115 Å². The maximum absolute atomic E-state index is 9.27. The molecule has 0 saturated heterocycles. The standard InChI is InChI=1S/C7H9N3.C2H5N3O.CH4N2O/c8-7(9)10-6-4-2-1-3-5-6;3-2(4)5-1-6;2-1(3)4/h1-5H,(H4,8,9,10);1H,(H4,3,4,5,6);(H4,2,3,4). The van der Waals surface area contributed by atoms with Crippen molar-refractivity contribution in [3.63, 3.8) is 0 Å². The Kier molecular flexibility index (Phi) is 11.6. The van der Waals surface area contributed by atoms with Crippen LogP contribution in [-0.4, -0.2) is 24.4 Å². The van der Waals surface area contributed by atoms with Gasteiger partial charge in [0.25, 0.3) is 0 Å². The third-order valence-electron chi connectivity index (χ3n) is 1.22. The Morgan fingerprint density at radius 3 is 1.60 bits per heavy atom. The Hall–Kier alpha value is -3.30. The molecule has 10 heteroatoms. The summed E-state index contributed by atoms with van der Waals surface area (Å²) in [6.07, 6.45) is 0.287. The molecule has 0 unspecified atom stereocenters. The summed E-state index contributed by atoms with van der Waals surface area (Å²) in [6.45, 7) is 0. The predicted octanol–water partition coefficient (Wildman–Crippen LogP) is -1.97. The lowest BCUT2D eigenvalue weighted by molar-refractivity contribution is -0.106. The highest BCUT2D eigenvalue weighted by Crippen LogP contribution is 2.07. The van der Waals surface area contributed by atoms with Crippen LogP contribution in [0.2, 0.25) is 0 Å². The first-order valence-electron chi connectivity index (χ1n) is 5.01. The van der Waals surface area contributed by atoms with Crippen LogP contribution in [0.25, 0.3) is 0 Å². The van der Waals surface area contributed by atoms with Crippen molar-refractivity contribution in [1.82, 2.24) is 0 Å². The number of para-hydroxylation sites is 1. The third kappa shape index (κ3) is 20.2. The Morgan fingerprint density at radius 2 is 1.35 bits per heavy atom.